The van der Waals surface area contributed by atoms with Gasteiger partial charge in [-0.2, -0.15) is 0 Å². The zero-order valence-corrected chi connectivity index (χ0v) is 18.0. The molecule has 3 aromatic rings. The van der Waals surface area contributed by atoms with Crippen LogP contribution in [0, 0.1) is 12.8 Å². The molecule has 0 bridgehead atoms. The summed E-state index contributed by atoms with van der Waals surface area (Å²) in [5, 5.41) is 9.87. The van der Waals surface area contributed by atoms with E-state index in [9.17, 15) is 9.59 Å². The molecule has 10 heteroatoms. The van der Waals surface area contributed by atoms with Gasteiger partial charge in [0.1, 0.15) is 10.8 Å². The highest BCUT2D eigenvalue weighted by Crippen LogP contribution is 2.27. The molecule has 8 nitrogen and oxygen atoms in total. The fourth-order valence-corrected chi connectivity index (χ4v) is 4.73. The van der Waals surface area contributed by atoms with Gasteiger partial charge in [-0.3, -0.25) is 9.59 Å². The quantitative estimate of drug-likeness (QED) is 0.581. The number of hydrogen-bond donors (Lipinski definition) is 1. The number of anilines is 1. The SMILES string of the molecule is Cc1cc(CSc2ncccc2C(=O)N2CCCC(C(=O)Nc3nccs3)C2)no1. The van der Waals surface area contributed by atoms with Crippen LogP contribution in [0.5, 0.6) is 0 Å². The number of pyridine rings is 1. The number of nitrogens with zero attached hydrogens (tertiary/aromatic N) is 4. The Morgan fingerprint density at radius 3 is 3.03 bits per heavy atom. The van der Waals surface area contributed by atoms with E-state index in [1.165, 1.54) is 23.1 Å². The first-order valence-electron chi connectivity index (χ1n) is 9.60. The minimum absolute atomic E-state index is 0.0929. The molecule has 0 radical (unpaired) electrons. The lowest BCUT2D eigenvalue weighted by molar-refractivity contribution is -0.121. The molecule has 1 N–H and O–H groups in total. The Balaban J connectivity index is 1.42. The van der Waals surface area contributed by atoms with Crippen LogP contribution in [0.1, 0.15) is 34.7 Å². The van der Waals surface area contributed by atoms with Crippen LogP contribution in [-0.4, -0.2) is 44.9 Å². The minimum atomic E-state index is -0.252. The number of likely N-dealkylation sites (tertiary alicyclic amines) is 1. The summed E-state index contributed by atoms with van der Waals surface area (Å²) in [5.41, 5.74) is 1.35. The lowest BCUT2D eigenvalue weighted by atomic mass is 9.96. The molecule has 4 heterocycles. The molecule has 3 aromatic heterocycles. The maximum Gasteiger partial charge on any atom is 0.256 e. The first kappa shape index (κ1) is 20.5. The van der Waals surface area contributed by atoms with Crippen molar-refractivity contribution in [2.75, 3.05) is 18.4 Å². The van der Waals surface area contributed by atoms with Crippen molar-refractivity contribution in [3.8, 4) is 0 Å². The lowest BCUT2D eigenvalue weighted by Gasteiger charge is -2.32. The summed E-state index contributed by atoms with van der Waals surface area (Å²) >= 11 is 2.83. The van der Waals surface area contributed by atoms with Crippen LogP contribution in [0.25, 0.3) is 0 Å². The third-order valence-electron chi connectivity index (χ3n) is 4.78. The van der Waals surface area contributed by atoms with Gasteiger partial charge in [0, 0.05) is 42.7 Å². The fraction of sp³-hybridized carbons (Fsp3) is 0.350. The Bertz CT molecular complexity index is 1020. The molecule has 1 atom stereocenters. The van der Waals surface area contributed by atoms with Crippen LogP contribution in [0.4, 0.5) is 5.13 Å². The molecule has 4 rings (SSSR count). The number of thiazole rings is 1. The molecule has 0 saturated carbocycles. The van der Waals surface area contributed by atoms with E-state index in [2.05, 4.69) is 20.4 Å². The molecular formula is C20H21N5O3S2. The number of aromatic nitrogens is 3. The summed E-state index contributed by atoms with van der Waals surface area (Å²) in [5.74, 6) is 0.863. The average molecular weight is 444 g/mol. The van der Waals surface area contributed by atoms with E-state index in [4.69, 9.17) is 4.52 Å². The smallest absolute Gasteiger partial charge is 0.256 e. The molecule has 0 spiro atoms. The third-order valence-corrected chi connectivity index (χ3v) is 6.50. The van der Waals surface area contributed by atoms with Gasteiger partial charge in [-0.25, -0.2) is 9.97 Å². The molecule has 1 aliphatic heterocycles. The lowest BCUT2D eigenvalue weighted by Crippen LogP contribution is -2.44. The molecule has 30 heavy (non-hydrogen) atoms. The van der Waals surface area contributed by atoms with Gasteiger partial charge in [0.05, 0.1) is 17.2 Å². The number of nitrogens with one attached hydrogen (secondary N) is 1. The molecular weight excluding hydrogens is 422 g/mol. The van der Waals surface area contributed by atoms with Gasteiger partial charge in [-0.05, 0) is 31.9 Å². The molecule has 1 fully saturated rings. The van der Waals surface area contributed by atoms with Crippen LogP contribution in [-0.2, 0) is 10.5 Å². The Hall–Kier alpha value is -2.72. The second kappa shape index (κ2) is 9.40. The Morgan fingerprint density at radius 2 is 2.27 bits per heavy atom. The summed E-state index contributed by atoms with van der Waals surface area (Å²) in [4.78, 5) is 36.0. The van der Waals surface area contributed by atoms with Gasteiger partial charge in [0.2, 0.25) is 5.91 Å². The summed E-state index contributed by atoms with van der Waals surface area (Å²) < 4.78 is 5.10. The number of rotatable bonds is 6. The topological polar surface area (TPSA) is 101 Å². The number of aryl methyl sites for hydroxylation is 1. The third kappa shape index (κ3) is 4.88. The largest absolute Gasteiger partial charge is 0.361 e. The Labute approximate surface area is 182 Å². The fourth-order valence-electron chi connectivity index (χ4n) is 3.34. The summed E-state index contributed by atoms with van der Waals surface area (Å²) in [6.45, 7) is 2.85. The van der Waals surface area contributed by atoms with Crippen molar-refractivity contribution in [2.24, 2.45) is 5.92 Å². The normalized spacial score (nSPS) is 16.4. The number of amides is 2. The van der Waals surface area contributed by atoms with E-state index in [1.807, 2.05) is 18.4 Å². The van der Waals surface area contributed by atoms with Crippen molar-refractivity contribution in [1.29, 1.82) is 0 Å². The van der Waals surface area contributed by atoms with Gasteiger partial charge in [-0.1, -0.05) is 16.9 Å². The van der Waals surface area contributed by atoms with E-state index < -0.39 is 0 Å². The van der Waals surface area contributed by atoms with Gasteiger partial charge >= 0.3 is 0 Å². The van der Waals surface area contributed by atoms with Crippen molar-refractivity contribution >= 4 is 40.0 Å². The van der Waals surface area contributed by atoms with Crippen molar-refractivity contribution in [3.05, 3.63) is 53.0 Å². The molecule has 1 saturated heterocycles. The molecule has 1 unspecified atom stereocenters. The maximum absolute atomic E-state index is 13.2. The van der Waals surface area contributed by atoms with Gasteiger partial charge in [-0.15, -0.1) is 11.3 Å². The zero-order valence-electron chi connectivity index (χ0n) is 16.4. The monoisotopic (exact) mass is 443 g/mol. The second-order valence-electron chi connectivity index (χ2n) is 6.99. The van der Waals surface area contributed by atoms with E-state index >= 15 is 0 Å². The predicted octanol–water partition coefficient (Wildman–Crippen LogP) is 3.62. The Kier molecular flexibility index (Phi) is 6.44. The van der Waals surface area contributed by atoms with E-state index in [1.54, 1.807) is 29.4 Å². The highest BCUT2D eigenvalue weighted by molar-refractivity contribution is 7.98. The highest BCUT2D eigenvalue weighted by atomic mass is 32.2. The van der Waals surface area contributed by atoms with E-state index in [0.29, 0.717) is 34.6 Å². The molecule has 156 valence electrons. The van der Waals surface area contributed by atoms with Crippen molar-refractivity contribution in [2.45, 2.75) is 30.5 Å². The van der Waals surface area contributed by atoms with Crippen molar-refractivity contribution < 1.29 is 14.1 Å². The first-order valence-corrected chi connectivity index (χ1v) is 11.5. The van der Waals surface area contributed by atoms with Gasteiger partial charge in [0.25, 0.3) is 5.91 Å². The van der Waals surface area contributed by atoms with Crippen LogP contribution in [0.3, 0.4) is 0 Å². The van der Waals surface area contributed by atoms with Crippen LogP contribution >= 0.6 is 23.1 Å². The van der Waals surface area contributed by atoms with Gasteiger partial charge in [0.15, 0.2) is 5.13 Å². The summed E-state index contributed by atoms with van der Waals surface area (Å²) in [7, 11) is 0. The number of piperidine rings is 1. The zero-order chi connectivity index (χ0) is 20.9. The van der Waals surface area contributed by atoms with Crippen LogP contribution in [0.15, 0.2) is 45.5 Å². The summed E-state index contributed by atoms with van der Waals surface area (Å²) in [6.07, 6.45) is 4.86. The standard InChI is InChI=1S/C20H21N5O3S2/c1-13-10-15(24-28-13)12-30-18-16(5-2-6-21-18)19(27)25-8-3-4-14(11-25)17(26)23-20-22-7-9-29-20/h2,5-7,9-10,14H,3-4,8,11-12H2,1H3,(H,22,23,26). The second-order valence-corrected chi connectivity index (χ2v) is 8.85. The number of thioether (sulfide) groups is 1. The molecule has 0 aliphatic carbocycles. The van der Waals surface area contributed by atoms with Crippen LogP contribution < -0.4 is 5.32 Å². The summed E-state index contributed by atoms with van der Waals surface area (Å²) in [6, 6.07) is 5.41. The average Bonchev–Trinajstić information content (AvgIpc) is 3.43. The Morgan fingerprint density at radius 1 is 1.37 bits per heavy atom. The molecule has 1 aliphatic rings. The molecule has 0 aromatic carbocycles. The minimum Gasteiger partial charge on any atom is -0.361 e. The molecule has 2 amide bonds. The van der Waals surface area contributed by atoms with Crippen molar-refractivity contribution in [1.82, 2.24) is 20.0 Å². The first-order chi connectivity index (χ1) is 14.6. The number of carbonyl (C=O) groups is 2. The van der Waals surface area contributed by atoms with E-state index in [0.717, 1.165) is 24.3 Å². The number of carbonyl (C=O) groups excluding carboxylic acids is 2. The predicted molar refractivity (Wildman–Crippen MR) is 114 cm³/mol. The van der Waals surface area contributed by atoms with Crippen LogP contribution in [0.2, 0.25) is 0 Å². The maximum atomic E-state index is 13.2. The van der Waals surface area contributed by atoms with E-state index in [-0.39, 0.29) is 17.7 Å². The number of hydrogen-bond acceptors (Lipinski definition) is 8. The van der Waals surface area contributed by atoms with Gasteiger partial charge < -0.3 is 14.7 Å². The highest BCUT2D eigenvalue weighted by Gasteiger charge is 2.30. The van der Waals surface area contributed by atoms with Crippen molar-refractivity contribution in [3.63, 3.8) is 0 Å².